The van der Waals surface area contributed by atoms with Crippen molar-refractivity contribution in [2.24, 2.45) is 11.8 Å². The summed E-state index contributed by atoms with van der Waals surface area (Å²) in [6.07, 6.45) is 7.35. The van der Waals surface area contributed by atoms with Gasteiger partial charge in [-0.25, -0.2) is 0 Å². The molecule has 5 heteroatoms. The van der Waals surface area contributed by atoms with E-state index < -0.39 is 0 Å². The number of aryl methyl sites for hydroxylation is 1. The minimum atomic E-state index is -0.0596. The molecular formula is C18H19N3O2. The lowest BCUT2D eigenvalue weighted by Gasteiger charge is -2.17. The third-order valence-corrected chi connectivity index (χ3v) is 5.24. The lowest BCUT2D eigenvalue weighted by Crippen LogP contribution is -2.30. The first kappa shape index (κ1) is 14.1. The molecule has 1 amide bonds. The lowest BCUT2D eigenvalue weighted by atomic mass is 10.0. The van der Waals surface area contributed by atoms with Crippen molar-refractivity contribution < 1.29 is 9.21 Å². The molecule has 0 aromatic carbocycles. The van der Waals surface area contributed by atoms with Gasteiger partial charge in [0, 0.05) is 25.5 Å². The number of nitrogens with zero attached hydrogens (tertiary/aromatic N) is 3. The average molecular weight is 309 g/mol. The van der Waals surface area contributed by atoms with Gasteiger partial charge >= 0.3 is 0 Å². The molecule has 0 N–H and O–H groups in total. The first-order valence-corrected chi connectivity index (χ1v) is 8.15. The zero-order chi connectivity index (χ0) is 16.0. The van der Waals surface area contributed by atoms with Gasteiger partial charge in [-0.15, -0.1) is 0 Å². The van der Waals surface area contributed by atoms with Crippen LogP contribution < -0.4 is 0 Å². The zero-order valence-electron chi connectivity index (χ0n) is 13.2. The van der Waals surface area contributed by atoms with Gasteiger partial charge in [-0.05, 0) is 43.7 Å². The summed E-state index contributed by atoms with van der Waals surface area (Å²) in [4.78, 5) is 14.9. The van der Waals surface area contributed by atoms with Crippen LogP contribution in [0.5, 0.6) is 0 Å². The van der Waals surface area contributed by atoms with Crippen LogP contribution >= 0.6 is 0 Å². The summed E-state index contributed by atoms with van der Waals surface area (Å²) in [6, 6.07) is 5.89. The van der Waals surface area contributed by atoms with Gasteiger partial charge in [0.15, 0.2) is 0 Å². The van der Waals surface area contributed by atoms with Crippen LogP contribution in [0.15, 0.2) is 28.9 Å². The first-order valence-electron chi connectivity index (χ1n) is 8.15. The second kappa shape index (κ2) is 5.31. The summed E-state index contributed by atoms with van der Waals surface area (Å²) in [7, 11) is 0. The van der Waals surface area contributed by atoms with Gasteiger partial charge in [0.25, 0.3) is 5.91 Å². The molecule has 2 atom stereocenters. The third kappa shape index (κ3) is 2.17. The smallest absolute Gasteiger partial charge is 0.258 e. The highest BCUT2D eigenvalue weighted by atomic mass is 16.4. The van der Waals surface area contributed by atoms with E-state index in [0.29, 0.717) is 34.6 Å². The molecule has 4 rings (SSSR count). The number of rotatable bonds is 2. The fourth-order valence-electron chi connectivity index (χ4n) is 4.10. The van der Waals surface area contributed by atoms with Crippen LogP contribution in [0, 0.1) is 30.1 Å². The molecule has 1 saturated carbocycles. The second-order valence-electron chi connectivity index (χ2n) is 6.58. The van der Waals surface area contributed by atoms with E-state index in [4.69, 9.17) is 4.42 Å². The van der Waals surface area contributed by atoms with Gasteiger partial charge < -0.3 is 9.32 Å². The van der Waals surface area contributed by atoms with Crippen LogP contribution in [-0.2, 0) is 0 Å². The summed E-state index contributed by atoms with van der Waals surface area (Å²) < 4.78 is 7.49. The molecule has 3 heterocycles. The Labute approximate surface area is 135 Å². The van der Waals surface area contributed by atoms with E-state index in [1.165, 1.54) is 19.3 Å². The highest BCUT2D eigenvalue weighted by molar-refractivity contribution is 5.98. The van der Waals surface area contributed by atoms with Crippen LogP contribution in [0.1, 0.15) is 40.9 Å². The molecule has 118 valence electrons. The minimum absolute atomic E-state index is 0.0596. The largest absolute Gasteiger partial charge is 0.443 e. The van der Waals surface area contributed by atoms with E-state index in [2.05, 4.69) is 6.07 Å². The average Bonchev–Trinajstić information content (AvgIpc) is 3.28. The van der Waals surface area contributed by atoms with Crippen molar-refractivity contribution in [2.45, 2.75) is 26.2 Å². The van der Waals surface area contributed by atoms with Gasteiger partial charge in [0.1, 0.15) is 23.0 Å². The fourth-order valence-corrected chi connectivity index (χ4v) is 4.10. The molecule has 1 aliphatic heterocycles. The maximum atomic E-state index is 13.0. The zero-order valence-corrected chi connectivity index (χ0v) is 13.2. The van der Waals surface area contributed by atoms with Crippen LogP contribution in [0.3, 0.4) is 0 Å². The molecule has 0 spiro atoms. The Hall–Kier alpha value is -2.48. The van der Waals surface area contributed by atoms with Gasteiger partial charge in [0.2, 0.25) is 5.88 Å². The quantitative estimate of drug-likeness (QED) is 0.856. The Balaban J connectivity index is 1.69. The summed E-state index contributed by atoms with van der Waals surface area (Å²) in [5, 5.41) is 9.57. The predicted molar refractivity (Wildman–Crippen MR) is 84.2 cm³/mol. The van der Waals surface area contributed by atoms with Gasteiger partial charge in [0.05, 0.1) is 0 Å². The second-order valence-corrected chi connectivity index (χ2v) is 6.58. The number of hydrogen-bond acceptors (Lipinski definition) is 3. The van der Waals surface area contributed by atoms with Crippen LogP contribution in [0.2, 0.25) is 0 Å². The summed E-state index contributed by atoms with van der Waals surface area (Å²) >= 11 is 0. The van der Waals surface area contributed by atoms with E-state index in [9.17, 15) is 10.1 Å². The maximum absolute atomic E-state index is 13.0. The van der Waals surface area contributed by atoms with E-state index in [1.807, 2.05) is 29.4 Å². The maximum Gasteiger partial charge on any atom is 0.258 e. The summed E-state index contributed by atoms with van der Waals surface area (Å²) in [6.45, 7) is 3.40. The predicted octanol–water partition coefficient (Wildman–Crippen LogP) is 3.12. The Morgan fingerprint density at radius 1 is 1.26 bits per heavy atom. The van der Waals surface area contributed by atoms with Crippen molar-refractivity contribution in [3.8, 4) is 12.0 Å². The number of amides is 1. The molecule has 23 heavy (non-hydrogen) atoms. The van der Waals surface area contributed by atoms with Crippen molar-refractivity contribution in [1.82, 2.24) is 9.47 Å². The van der Waals surface area contributed by atoms with E-state index in [1.54, 1.807) is 11.5 Å². The van der Waals surface area contributed by atoms with Crippen molar-refractivity contribution in [3.05, 3.63) is 41.4 Å². The molecule has 1 aliphatic carbocycles. The highest BCUT2D eigenvalue weighted by Crippen LogP contribution is 2.39. The highest BCUT2D eigenvalue weighted by Gasteiger charge is 2.40. The minimum Gasteiger partial charge on any atom is -0.443 e. The molecule has 2 aromatic heterocycles. The standard InChI is InChI=1S/C18H19N3O2/c1-12-16(15(9-19)18(23-12)20-7-2-3-8-20)17(22)21-10-13-5-4-6-14(13)11-21/h2-3,7-8,13-14H,4-6,10-11H2,1H3/t13-,14-/m0/s1. The monoisotopic (exact) mass is 309 g/mol. The van der Waals surface area contributed by atoms with Crippen LogP contribution in [0.4, 0.5) is 0 Å². The molecule has 2 fully saturated rings. The van der Waals surface area contributed by atoms with Crippen molar-refractivity contribution in [1.29, 1.82) is 5.26 Å². The number of hydrogen-bond donors (Lipinski definition) is 0. The third-order valence-electron chi connectivity index (χ3n) is 5.24. The molecular weight excluding hydrogens is 290 g/mol. The van der Waals surface area contributed by atoms with E-state index in [-0.39, 0.29) is 5.91 Å². The number of carbonyl (C=O) groups excluding carboxylic acids is 1. The Bertz CT molecular complexity index is 770. The molecule has 1 saturated heterocycles. The number of fused-ring (bicyclic) bond motifs is 1. The number of nitriles is 1. The van der Waals surface area contributed by atoms with Gasteiger partial charge in [-0.2, -0.15) is 5.26 Å². The molecule has 2 aromatic rings. The Morgan fingerprint density at radius 2 is 1.91 bits per heavy atom. The number of aromatic nitrogens is 1. The fraction of sp³-hybridized carbons (Fsp3) is 0.444. The first-order chi connectivity index (χ1) is 11.2. The SMILES string of the molecule is Cc1oc(-n2cccc2)c(C#N)c1C(=O)N1C[C@@H]2CCC[C@H]2C1. The molecule has 0 unspecified atom stereocenters. The molecule has 0 radical (unpaired) electrons. The summed E-state index contributed by atoms with van der Waals surface area (Å²) in [5.74, 6) is 2.17. The Morgan fingerprint density at radius 3 is 2.52 bits per heavy atom. The van der Waals surface area contributed by atoms with E-state index >= 15 is 0 Å². The van der Waals surface area contributed by atoms with Crippen LogP contribution in [0.25, 0.3) is 5.88 Å². The lowest BCUT2D eigenvalue weighted by molar-refractivity contribution is 0.0778. The number of carbonyl (C=O) groups is 1. The number of furan rings is 1. The van der Waals surface area contributed by atoms with Gasteiger partial charge in [-0.3, -0.25) is 9.36 Å². The molecule has 0 bridgehead atoms. The number of likely N-dealkylation sites (tertiary alicyclic amines) is 1. The van der Waals surface area contributed by atoms with Crippen molar-refractivity contribution in [3.63, 3.8) is 0 Å². The Kier molecular flexibility index (Phi) is 3.26. The molecule has 5 nitrogen and oxygen atoms in total. The van der Waals surface area contributed by atoms with Crippen molar-refractivity contribution >= 4 is 5.91 Å². The summed E-state index contributed by atoms with van der Waals surface area (Å²) in [5.41, 5.74) is 0.761. The van der Waals surface area contributed by atoms with Crippen LogP contribution in [-0.4, -0.2) is 28.5 Å². The molecule has 2 aliphatic rings. The van der Waals surface area contributed by atoms with Gasteiger partial charge in [-0.1, -0.05) is 6.42 Å². The van der Waals surface area contributed by atoms with Crippen molar-refractivity contribution in [2.75, 3.05) is 13.1 Å². The topological polar surface area (TPSA) is 62.2 Å². The van der Waals surface area contributed by atoms with E-state index in [0.717, 1.165) is 13.1 Å². The normalized spacial score (nSPS) is 23.0.